The van der Waals surface area contributed by atoms with Crippen LogP contribution in [0.3, 0.4) is 0 Å². The molecule has 0 radical (unpaired) electrons. The Morgan fingerprint density at radius 2 is 1.78 bits per heavy atom. The first-order chi connectivity index (χ1) is 11.2. The lowest BCUT2D eigenvalue weighted by Crippen LogP contribution is -1.95. The lowest BCUT2D eigenvalue weighted by molar-refractivity contribution is 0.252. The SMILES string of the molecule is Cc1ccc(OCc2nnc(SCc3ccc(Br)cc3)o2)cc1. The van der Waals surface area contributed by atoms with E-state index in [1.54, 1.807) is 0 Å². The molecule has 118 valence electrons. The van der Waals surface area contributed by atoms with Gasteiger partial charge in [0.05, 0.1) is 0 Å². The molecule has 0 saturated heterocycles. The fourth-order valence-corrected chi connectivity index (χ4v) is 2.86. The Bertz CT molecular complexity index is 693. The van der Waals surface area contributed by atoms with Crippen molar-refractivity contribution < 1.29 is 9.15 Å². The highest BCUT2D eigenvalue weighted by Crippen LogP contribution is 2.23. The number of halogens is 1. The molecule has 2 aromatic carbocycles. The first-order valence-electron chi connectivity index (χ1n) is 7.08. The second kappa shape index (κ2) is 7.66. The van der Waals surface area contributed by atoms with Crippen LogP contribution in [0.25, 0.3) is 0 Å². The summed E-state index contributed by atoms with van der Waals surface area (Å²) in [6.07, 6.45) is 0. The first-order valence-corrected chi connectivity index (χ1v) is 8.86. The second-order valence-corrected chi connectivity index (χ2v) is 6.82. The van der Waals surface area contributed by atoms with Crippen molar-refractivity contribution in [2.75, 3.05) is 0 Å². The maximum Gasteiger partial charge on any atom is 0.277 e. The van der Waals surface area contributed by atoms with Crippen LogP contribution < -0.4 is 4.74 Å². The van der Waals surface area contributed by atoms with Gasteiger partial charge < -0.3 is 9.15 Å². The summed E-state index contributed by atoms with van der Waals surface area (Å²) in [6.45, 7) is 2.31. The third kappa shape index (κ3) is 4.84. The van der Waals surface area contributed by atoms with Crippen molar-refractivity contribution in [3.8, 4) is 5.75 Å². The van der Waals surface area contributed by atoms with Gasteiger partial charge in [-0.05, 0) is 36.8 Å². The van der Waals surface area contributed by atoms with Crippen LogP contribution in [0.5, 0.6) is 5.75 Å². The molecule has 4 nitrogen and oxygen atoms in total. The van der Waals surface area contributed by atoms with Gasteiger partial charge in [-0.25, -0.2) is 0 Å². The molecule has 0 aliphatic carbocycles. The van der Waals surface area contributed by atoms with Gasteiger partial charge >= 0.3 is 0 Å². The van der Waals surface area contributed by atoms with Crippen LogP contribution in [0.15, 0.2) is 62.6 Å². The Hall–Kier alpha value is -1.79. The number of benzene rings is 2. The predicted octanol–water partition coefficient (Wildman–Crippen LogP) is 5.01. The quantitative estimate of drug-likeness (QED) is 0.553. The van der Waals surface area contributed by atoms with E-state index in [0.29, 0.717) is 11.1 Å². The summed E-state index contributed by atoms with van der Waals surface area (Å²) in [5.74, 6) is 2.05. The van der Waals surface area contributed by atoms with Gasteiger partial charge in [0, 0.05) is 10.2 Å². The zero-order valence-electron chi connectivity index (χ0n) is 12.5. The van der Waals surface area contributed by atoms with Gasteiger partial charge in [-0.2, -0.15) is 0 Å². The van der Waals surface area contributed by atoms with E-state index in [0.717, 1.165) is 16.0 Å². The minimum absolute atomic E-state index is 0.273. The molecule has 0 amide bonds. The minimum Gasteiger partial charge on any atom is -0.484 e. The molecular formula is C17H15BrN2O2S. The molecular weight excluding hydrogens is 376 g/mol. The first kappa shape index (κ1) is 16.1. The molecule has 0 bridgehead atoms. The Balaban J connectivity index is 1.51. The van der Waals surface area contributed by atoms with E-state index in [9.17, 15) is 0 Å². The summed E-state index contributed by atoms with van der Waals surface area (Å²) in [5.41, 5.74) is 2.40. The van der Waals surface area contributed by atoms with E-state index >= 15 is 0 Å². The van der Waals surface area contributed by atoms with Crippen LogP contribution in [0, 0.1) is 6.92 Å². The van der Waals surface area contributed by atoms with Gasteiger partial charge in [0.1, 0.15) is 5.75 Å². The molecule has 0 aliphatic rings. The normalized spacial score (nSPS) is 10.7. The van der Waals surface area contributed by atoms with Gasteiger partial charge in [-0.1, -0.05) is 57.5 Å². The average Bonchev–Trinajstić information content (AvgIpc) is 3.02. The van der Waals surface area contributed by atoms with Crippen LogP contribution in [0.2, 0.25) is 0 Å². The Morgan fingerprint density at radius 3 is 2.52 bits per heavy atom. The molecule has 23 heavy (non-hydrogen) atoms. The fourth-order valence-electron chi connectivity index (χ4n) is 1.86. The van der Waals surface area contributed by atoms with Crippen LogP contribution in [-0.4, -0.2) is 10.2 Å². The molecule has 6 heteroatoms. The van der Waals surface area contributed by atoms with Crippen LogP contribution >= 0.6 is 27.7 Å². The van der Waals surface area contributed by atoms with Gasteiger partial charge in [0.25, 0.3) is 11.1 Å². The van der Waals surface area contributed by atoms with Gasteiger partial charge in [-0.15, -0.1) is 10.2 Å². The average molecular weight is 391 g/mol. The fraction of sp³-hybridized carbons (Fsp3) is 0.176. The van der Waals surface area contributed by atoms with Crippen molar-refractivity contribution in [3.05, 3.63) is 70.0 Å². The molecule has 0 spiro atoms. The van der Waals surface area contributed by atoms with Crippen molar-refractivity contribution in [1.82, 2.24) is 10.2 Å². The van der Waals surface area contributed by atoms with Crippen LogP contribution in [0.4, 0.5) is 0 Å². The molecule has 0 atom stereocenters. The Labute approximate surface area is 147 Å². The van der Waals surface area contributed by atoms with Crippen molar-refractivity contribution in [2.24, 2.45) is 0 Å². The van der Waals surface area contributed by atoms with Crippen molar-refractivity contribution in [2.45, 2.75) is 24.5 Å². The highest BCUT2D eigenvalue weighted by atomic mass is 79.9. The predicted molar refractivity (Wildman–Crippen MR) is 93.5 cm³/mol. The van der Waals surface area contributed by atoms with Gasteiger partial charge in [-0.3, -0.25) is 0 Å². The number of thioether (sulfide) groups is 1. The Morgan fingerprint density at radius 1 is 1.04 bits per heavy atom. The second-order valence-electron chi connectivity index (χ2n) is 4.98. The zero-order valence-corrected chi connectivity index (χ0v) is 14.9. The molecule has 0 N–H and O–H groups in total. The number of rotatable bonds is 6. The van der Waals surface area contributed by atoms with Crippen LogP contribution in [-0.2, 0) is 12.4 Å². The molecule has 1 aromatic heterocycles. The number of aromatic nitrogens is 2. The van der Waals surface area contributed by atoms with E-state index in [-0.39, 0.29) is 6.61 Å². The Kier molecular flexibility index (Phi) is 5.35. The number of hydrogen-bond acceptors (Lipinski definition) is 5. The van der Waals surface area contributed by atoms with Crippen molar-refractivity contribution in [1.29, 1.82) is 0 Å². The highest BCUT2D eigenvalue weighted by Gasteiger charge is 2.08. The summed E-state index contributed by atoms with van der Waals surface area (Å²) in [6, 6.07) is 16.0. The molecule has 3 aromatic rings. The minimum atomic E-state index is 0.273. The summed E-state index contributed by atoms with van der Waals surface area (Å²) in [4.78, 5) is 0. The smallest absolute Gasteiger partial charge is 0.277 e. The highest BCUT2D eigenvalue weighted by molar-refractivity contribution is 9.10. The van der Waals surface area contributed by atoms with E-state index in [1.165, 1.54) is 22.9 Å². The largest absolute Gasteiger partial charge is 0.484 e. The number of ether oxygens (including phenoxy) is 1. The lowest BCUT2D eigenvalue weighted by Gasteiger charge is -2.02. The summed E-state index contributed by atoms with van der Waals surface area (Å²) >= 11 is 4.94. The number of hydrogen-bond donors (Lipinski definition) is 0. The van der Waals surface area contributed by atoms with Crippen molar-refractivity contribution in [3.63, 3.8) is 0 Å². The lowest BCUT2D eigenvalue weighted by atomic mass is 10.2. The summed E-state index contributed by atoms with van der Waals surface area (Å²) in [5, 5.41) is 8.59. The number of nitrogens with zero attached hydrogens (tertiary/aromatic N) is 2. The van der Waals surface area contributed by atoms with Crippen LogP contribution in [0.1, 0.15) is 17.0 Å². The summed E-state index contributed by atoms with van der Waals surface area (Å²) in [7, 11) is 0. The van der Waals surface area contributed by atoms with E-state index in [1.807, 2.05) is 43.3 Å². The maximum absolute atomic E-state index is 5.63. The van der Waals surface area contributed by atoms with Gasteiger partial charge in [0.15, 0.2) is 6.61 Å². The third-order valence-corrected chi connectivity index (χ3v) is 4.53. The van der Waals surface area contributed by atoms with E-state index in [4.69, 9.17) is 9.15 Å². The van der Waals surface area contributed by atoms with Gasteiger partial charge in [0.2, 0.25) is 0 Å². The maximum atomic E-state index is 5.63. The summed E-state index contributed by atoms with van der Waals surface area (Å²) < 4.78 is 12.3. The molecule has 3 rings (SSSR count). The molecule has 0 fully saturated rings. The third-order valence-electron chi connectivity index (χ3n) is 3.11. The standard InChI is InChI=1S/C17H15BrN2O2S/c1-12-2-8-15(9-3-12)21-10-16-19-20-17(22-16)23-11-13-4-6-14(18)7-5-13/h2-9H,10-11H2,1H3. The molecule has 0 saturated carbocycles. The molecule has 0 aliphatic heterocycles. The topological polar surface area (TPSA) is 48.2 Å². The monoisotopic (exact) mass is 390 g/mol. The van der Waals surface area contributed by atoms with E-state index in [2.05, 4.69) is 38.3 Å². The zero-order chi connectivity index (χ0) is 16.1. The molecule has 0 unspecified atom stereocenters. The van der Waals surface area contributed by atoms with E-state index < -0.39 is 0 Å². The van der Waals surface area contributed by atoms with Crippen molar-refractivity contribution >= 4 is 27.7 Å². The number of aryl methyl sites for hydroxylation is 1. The molecule has 1 heterocycles.